The van der Waals surface area contributed by atoms with Crippen LogP contribution in [0.1, 0.15) is 11.1 Å². The Balaban J connectivity index is 2.09. The van der Waals surface area contributed by atoms with E-state index in [1.54, 1.807) is 6.07 Å². The van der Waals surface area contributed by atoms with Crippen molar-refractivity contribution < 1.29 is 8.42 Å². The highest BCUT2D eigenvalue weighted by atomic mass is 35.5. The molecule has 1 heterocycles. The summed E-state index contributed by atoms with van der Waals surface area (Å²) >= 11 is 12.5. The first-order valence-electron chi connectivity index (χ1n) is 5.40. The Kier molecular flexibility index (Phi) is 4.86. The van der Waals surface area contributed by atoms with Crippen LogP contribution in [0.25, 0.3) is 0 Å². The minimum atomic E-state index is -3.51. The summed E-state index contributed by atoms with van der Waals surface area (Å²) in [4.78, 5) is 0. The highest BCUT2D eigenvalue weighted by Crippen LogP contribution is 2.25. The van der Waals surface area contributed by atoms with Gasteiger partial charge in [-0.05, 0) is 23.3 Å². The fourth-order valence-corrected chi connectivity index (χ4v) is 4.23. The Labute approximate surface area is 126 Å². The molecule has 0 aliphatic rings. The molecule has 3 nitrogen and oxygen atoms in total. The van der Waals surface area contributed by atoms with Crippen LogP contribution in [0.5, 0.6) is 0 Å². The molecule has 2 rings (SSSR count). The summed E-state index contributed by atoms with van der Waals surface area (Å²) in [6, 6.07) is 10.5. The lowest BCUT2D eigenvalue weighted by Gasteiger charge is -2.06. The number of halogens is 2. The number of alkyl halides is 1. The number of hydrogen-bond donors (Lipinski definition) is 1. The summed E-state index contributed by atoms with van der Waals surface area (Å²) in [5.74, 6) is 0.404. The normalized spacial score (nSPS) is 11.7. The number of benzene rings is 1. The first kappa shape index (κ1) is 14.8. The molecule has 19 heavy (non-hydrogen) atoms. The van der Waals surface area contributed by atoms with Gasteiger partial charge in [-0.3, -0.25) is 0 Å². The lowest BCUT2D eigenvalue weighted by atomic mass is 10.1. The first-order chi connectivity index (χ1) is 9.01. The van der Waals surface area contributed by atoms with Crippen molar-refractivity contribution in [2.45, 2.75) is 16.6 Å². The van der Waals surface area contributed by atoms with Gasteiger partial charge in [-0.1, -0.05) is 35.9 Å². The average Bonchev–Trinajstić information content (AvgIpc) is 2.84. The molecule has 0 bridgehead atoms. The molecule has 0 spiro atoms. The quantitative estimate of drug-likeness (QED) is 0.848. The van der Waals surface area contributed by atoms with E-state index < -0.39 is 10.0 Å². The van der Waals surface area contributed by atoms with Crippen molar-refractivity contribution in [3.05, 3.63) is 51.9 Å². The summed E-state index contributed by atoms with van der Waals surface area (Å²) in [6.45, 7) is 0.225. The molecule has 2 aromatic rings. The highest BCUT2D eigenvalue weighted by Gasteiger charge is 2.16. The second-order valence-corrected chi connectivity index (χ2v) is 7.81. The second-order valence-electron chi connectivity index (χ2n) is 3.84. The van der Waals surface area contributed by atoms with Gasteiger partial charge in [-0.25, -0.2) is 13.1 Å². The average molecular weight is 336 g/mol. The Morgan fingerprint density at radius 2 is 1.89 bits per heavy atom. The fourth-order valence-electron chi connectivity index (χ4n) is 1.51. The third-order valence-corrected chi connectivity index (χ3v) is 5.86. The molecule has 0 aliphatic carbocycles. The largest absolute Gasteiger partial charge is 0.250 e. The zero-order valence-corrected chi connectivity index (χ0v) is 12.9. The summed E-state index contributed by atoms with van der Waals surface area (Å²) in [6.07, 6.45) is 0. The summed E-state index contributed by atoms with van der Waals surface area (Å²) in [5.41, 5.74) is 1.82. The van der Waals surface area contributed by atoms with E-state index in [-0.39, 0.29) is 10.8 Å². The Hall–Kier alpha value is -0.590. The van der Waals surface area contributed by atoms with Gasteiger partial charge in [0.15, 0.2) is 0 Å². The molecule has 7 heteroatoms. The molecule has 0 saturated carbocycles. The maximum absolute atomic E-state index is 12.0. The second kappa shape index (κ2) is 6.24. The van der Waals surface area contributed by atoms with Gasteiger partial charge in [0, 0.05) is 12.4 Å². The number of hydrogen-bond acceptors (Lipinski definition) is 3. The van der Waals surface area contributed by atoms with E-state index in [1.165, 1.54) is 6.07 Å². The van der Waals surface area contributed by atoms with Crippen molar-refractivity contribution >= 4 is 44.6 Å². The van der Waals surface area contributed by atoms with Crippen molar-refractivity contribution in [2.75, 3.05) is 0 Å². The van der Waals surface area contributed by atoms with Crippen molar-refractivity contribution in [1.82, 2.24) is 4.72 Å². The fraction of sp³-hybridized carbons (Fsp3) is 0.167. The molecule has 1 aromatic heterocycles. The molecular weight excluding hydrogens is 325 g/mol. The zero-order valence-electron chi connectivity index (χ0n) is 9.77. The van der Waals surface area contributed by atoms with Crippen LogP contribution in [0.2, 0.25) is 4.34 Å². The van der Waals surface area contributed by atoms with E-state index in [9.17, 15) is 8.42 Å². The lowest BCUT2D eigenvalue weighted by molar-refractivity contribution is 0.583. The lowest BCUT2D eigenvalue weighted by Crippen LogP contribution is -2.22. The third kappa shape index (κ3) is 3.94. The van der Waals surface area contributed by atoms with Crippen LogP contribution in [-0.2, 0) is 22.4 Å². The Morgan fingerprint density at radius 1 is 1.16 bits per heavy atom. The summed E-state index contributed by atoms with van der Waals surface area (Å²) < 4.78 is 27.2. The van der Waals surface area contributed by atoms with Crippen LogP contribution in [0.4, 0.5) is 0 Å². The van der Waals surface area contributed by atoms with Gasteiger partial charge in [-0.2, -0.15) is 0 Å². The first-order valence-corrected chi connectivity index (χ1v) is 8.61. The van der Waals surface area contributed by atoms with Crippen molar-refractivity contribution in [3.8, 4) is 0 Å². The van der Waals surface area contributed by atoms with Gasteiger partial charge < -0.3 is 0 Å². The van der Waals surface area contributed by atoms with Crippen LogP contribution >= 0.6 is 34.5 Å². The predicted octanol–water partition coefficient (Wildman–Crippen LogP) is 3.62. The molecule has 0 atom stereocenters. The van der Waals surface area contributed by atoms with Crippen LogP contribution < -0.4 is 4.72 Å². The van der Waals surface area contributed by atoms with Gasteiger partial charge in [0.25, 0.3) is 0 Å². The standard InChI is InChI=1S/C12H11Cl2NO2S2/c13-7-9-2-1-3-10(6-9)8-15-19(16,17)12-5-4-11(14)18-12/h1-6,15H,7-8H2. The molecule has 0 radical (unpaired) electrons. The van der Waals surface area contributed by atoms with Gasteiger partial charge in [-0.15, -0.1) is 22.9 Å². The monoisotopic (exact) mass is 335 g/mol. The van der Waals surface area contributed by atoms with E-state index in [0.717, 1.165) is 22.5 Å². The predicted molar refractivity (Wildman–Crippen MR) is 79.4 cm³/mol. The van der Waals surface area contributed by atoms with Gasteiger partial charge >= 0.3 is 0 Å². The van der Waals surface area contributed by atoms with E-state index in [2.05, 4.69) is 4.72 Å². The minimum Gasteiger partial charge on any atom is -0.206 e. The number of thiophene rings is 1. The van der Waals surface area contributed by atoms with E-state index in [0.29, 0.717) is 10.2 Å². The van der Waals surface area contributed by atoms with Gasteiger partial charge in [0.2, 0.25) is 10.0 Å². The van der Waals surface area contributed by atoms with E-state index in [1.807, 2.05) is 24.3 Å². The third-order valence-electron chi connectivity index (χ3n) is 2.43. The molecule has 1 aromatic carbocycles. The maximum Gasteiger partial charge on any atom is 0.250 e. The van der Waals surface area contributed by atoms with Crippen LogP contribution in [0, 0.1) is 0 Å². The minimum absolute atomic E-state index is 0.214. The number of rotatable bonds is 5. The maximum atomic E-state index is 12.0. The number of sulfonamides is 1. The SMILES string of the molecule is O=S(=O)(NCc1cccc(CCl)c1)c1ccc(Cl)s1. The zero-order chi connectivity index (χ0) is 13.9. The Morgan fingerprint density at radius 3 is 2.53 bits per heavy atom. The number of nitrogens with one attached hydrogen (secondary N) is 1. The van der Waals surface area contributed by atoms with E-state index in [4.69, 9.17) is 23.2 Å². The molecule has 0 saturated heterocycles. The van der Waals surface area contributed by atoms with Crippen LogP contribution in [0.15, 0.2) is 40.6 Å². The molecule has 1 N–H and O–H groups in total. The molecule has 0 fully saturated rings. The molecule has 0 amide bonds. The van der Waals surface area contributed by atoms with Gasteiger partial charge in [0.1, 0.15) is 4.21 Å². The molecule has 102 valence electrons. The Bertz CT molecular complexity index is 668. The topological polar surface area (TPSA) is 46.2 Å². The highest BCUT2D eigenvalue weighted by molar-refractivity contribution is 7.91. The van der Waals surface area contributed by atoms with E-state index >= 15 is 0 Å². The smallest absolute Gasteiger partial charge is 0.206 e. The van der Waals surface area contributed by atoms with Crippen molar-refractivity contribution in [1.29, 1.82) is 0 Å². The van der Waals surface area contributed by atoms with Crippen molar-refractivity contribution in [3.63, 3.8) is 0 Å². The molecular formula is C12H11Cl2NO2S2. The van der Waals surface area contributed by atoms with Crippen LogP contribution in [-0.4, -0.2) is 8.42 Å². The van der Waals surface area contributed by atoms with Gasteiger partial charge in [0.05, 0.1) is 4.34 Å². The molecule has 0 aliphatic heterocycles. The summed E-state index contributed by atoms with van der Waals surface area (Å²) in [7, 11) is -3.51. The molecule has 0 unspecified atom stereocenters. The van der Waals surface area contributed by atoms with Crippen molar-refractivity contribution in [2.24, 2.45) is 0 Å². The summed E-state index contributed by atoms with van der Waals surface area (Å²) in [5, 5.41) is 0. The van der Waals surface area contributed by atoms with Crippen LogP contribution in [0.3, 0.4) is 0 Å².